The van der Waals surface area contributed by atoms with E-state index in [1.807, 2.05) is 0 Å². The highest BCUT2D eigenvalue weighted by atomic mass is 32.2. The molecule has 0 amide bonds. The Balaban J connectivity index is 1.77. The maximum atomic E-state index is 12.8. The molecule has 0 bridgehead atoms. The van der Waals surface area contributed by atoms with Gasteiger partial charge in [0.05, 0.1) is 16.9 Å². The summed E-state index contributed by atoms with van der Waals surface area (Å²) >= 11 is 1.61. The van der Waals surface area contributed by atoms with Crippen LogP contribution in [0.15, 0.2) is 4.79 Å². The third-order valence-corrected chi connectivity index (χ3v) is 7.72. The highest BCUT2D eigenvalue weighted by Gasteiger charge is 2.29. The van der Waals surface area contributed by atoms with Crippen LogP contribution < -0.4 is 10.9 Å². The van der Waals surface area contributed by atoms with Crippen LogP contribution in [0, 0.1) is 0 Å². The van der Waals surface area contributed by atoms with Crippen LogP contribution in [-0.2, 0) is 29.7 Å². The van der Waals surface area contributed by atoms with Crippen LogP contribution in [-0.4, -0.2) is 35.5 Å². The van der Waals surface area contributed by atoms with Crippen LogP contribution in [0.3, 0.4) is 0 Å². The standard InChI is InChI=1S/C15H19N3O3S2/c1-18-14(19)12-10-4-2-3-5-11(10)22-13(12)17-15(18)16-9-6-7-23(20,21)8-9/h9H,2-8H2,1H3,(H,16,17). The van der Waals surface area contributed by atoms with Crippen LogP contribution in [0.1, 0.15) is 29.7 Å². The number of aromatic nitrogens is 2. The first-order chi connectivity index (χ1) is 10.9. The molecule has 1 atom stereocenters. The van der Waals surface area contributed by atoms with Gasteiger partial charge in [0.25, 0.3) is 5.56 Å². The van der Waals surface area contributed by atoms with Crippen LogP contribution >= 0.6 is 11.3 Å². The SMILES string of the molecule is Cn1c(NC2CCS(=O)(=O)C2)nc2sc3c(c2c1=O)CCCC3. The summed E-state index contributed by atoms with van der Waals surface area (Å²) in [6.45, 7) is 0. The van der Waals surface area contributed by atoms with Crippen molar-refractivity contribution in [2.75, 3.05) is 16.8 Å². The second-order valence-corrected chi connectivity index (χ2v) is 9.75. The molecule has 1 N–H and O–H groups in total. The van der Waals surface area contributed by atoms with E-state index in [0.717, 1.165) is 29.5 Å². The van der Waals surface area contributed by atoms with Gasteiger partial charge in [0.15, 0.2) is 9.84 Å². The number of hydrogen-bond acceptors (Lipinski definition) is 6. The van der Waals surface area contributed by atoms with E-state index in [4.69, 9.17) is 0 Å². The number of nitrogens with zero attached hydrogens (tertiary/aromatic N) is 2. The van der Waals surface area contributed by atoms with Crippen molar-refractivity contribution in [3.8, 4) is 0 Å². The van der Waals surface area contributed by atoms with Crippen molar-refractivity contribution < 1.29 is 8.42 Å². The minimum Gasteiger partial charge on any atom is -0.352 e. The highest BCUT2D eigenvalue weighted by molar-refractivity contribution is 7.91. The number of anilines is 1. The van der Waals surface area contributed by atoms with Crippen LogP contribution in [0.4, 0.5) is 5.95 Å². The van der Waals surface area contributed by atoms with Crippen molar-refractivity contribution in [3.63, 3.8) is 0 Å². The van der Waals surface area contributed by atoms with Crippen molar-refractivity contribution >= 4 is 37.3 Å². The number of aryl methyl sites for hydroxylation is 2. The van der Waals surface area contributed by atoms with Gasteiger partial charge >= 0.3 is 0 Å². The molecule has 0 spiro atoms. The molecule has 124 valence electrons. The average molecular weight is 353 g/mol. The zero-order valence-corrected chi connectivity index (χ0v) is 14.6. The molecule has 2 aromatic rings. The Bertz CT molecular complexity index is 943. The molecule has 1 saturated heterocycles. The molecule has 1 fully saturated rings. The van der Waals surface area contributed by atoms with Gasteiger partial charge in [0.1, 0.15) is 4.83 Å². The molecule has 1 aliphatic carbocycles. The minimum absolute atomic E-state index is 0.0299. The monoisotopic (exact) mass is 353 g/mol. The molecular weight excluding hydrogens is 334 g/mol. The lowest BCUT2D eigenvalue weighted by molar-refractivity contribution is 0.602. The fourth-order valence-electron chi connectivity index (χ4n) is 3.51. The summed E-state index contributed by atoms with van der Waals surface area (Å²) in [5.74, 6) is 0.791. The third kappa shape index (κ3) is 2.57. The van der Waals surface area contributed by atoms with E-state index in [9.17, 15) is 13.2 Å². The van der Waals surface area contributed by atoms with Crippen molar-refractivity contribution in [3.05, 3.63) is 20.8 Å². The normalized spacial score (nSPS) is 23.1. The van der Waals surface area contributed by atoms with E-state index >= 15 is 0 Å². The maximum Gasteiger partial charge on any atom is 0.263 e. The fraction of sp³-hybridized carbons (Fsp3) is 0.600. The zero-order chi connectivity index (χ0) is 16.2. The second kappa shape index (κ2) is 5.31. The van der Waals surface area contributed by atoms with Crippen molar-refractivity contribution in [1.82, 2.24) is 9.55 Å². The first-order valence-electron chi connectivity index (χ1n) is 7.93. The van der Waals surface area contributed by atoms with Gasteiger partial charge in [0, 0.05) is 18.0 Å². The third-order valence-electron chi connectivity index (χ3n) is 4.76. The molecule has 0 radical (unpaired) electrons. The topological polar surface area (TPSA) is 81.1 Å². The Hall–Kier alpha value is -1.41. The summed E-state index contributed by atoms with van der Waals surface area (Å²) < 4.78 is 24.7. The number of thiophene rings is 1. The van der Waals surface area contributed by atoms with Gasteiger partial charge in [-0.25, -0.2) is 13.4 Å². The first-order valence-corrected chi connectivity index (χ1v) is 10.6. The van der Waals surface area contributed by atoms with Gasteiger partial charge in [-0.2, -0.15) is 0 Å². The van der Waals surface area contributed by atoms with Crippen molar-refractivity contribution in [2.45, 2.75) is 38.1 Å². The van der Waals surface area contributed by atoms with Gasteiger partial charge < -0.3 is 5.32 Å². The summed E-state index contributed by atoms with van der Waals surface area (Å²) in [6, 6.07) is -0.162. The molecule has 6 nitrogen and oxygen atoms in total. The first kappa shape index (κ1) is 15.1. The van der Waals surface area contributed by atoms with E-state index < -0.39 is 9.84 Å². The van der Waals surface area contributed by atoms with Gasteiger partial charge in [0.2, 0.25) is 5.95 Å². The molecule has 8 heteroatoms. The molecule has 1 unspecified atom stereocenters. The lowest BCUT2D eigenvalue weighted by Gasteiger charge is -2.15. The Morgan fingerprint density at radius 3 is 2.83 bits per heavy atom. The molecule has 3 heterocycles. The summed E-state index contributed by atoms with van der Waals surface area (Å²) in [5.41, 5.74) is 1.15. The lowest BCUT2D eigenvalue weighted by atomic mass is 9.97. The fourth-order valence-corrected chi connectivity index (χ4v) is 6.43. The Labute approximate surface area is 138 Å². The lowest BCUT2D eigenvalue weighted by Crippen LogP contribution is -2.28. The smallest absolute Gasteiger partial charge is 0.263 e. The maximum absolute atomic E-state index is 12.8. The van der Waals surface area contributed by atoms with E-state index in [-0.39, 0.29) is 23.1 Å². The zero-order valence-electron chi connectivity index (χ0n) is 13.0. The molecule has 23 heavy (non-hydrogen) atoms. The molecule has 2 aromatic heterocycles. The number of rotatable bonds is 2. The number of hydrogen-bond donors (Lipinski definition) is 1. The largest absolute Gasteiger partial charge is 0.352 e. The minimum atomic E-state index is -2.96. The quantitative estimate of drug-likeness (QED) is 0.884. The summed E-state index contributed by atoms with van der Waals surface area (Å²) in [4.78, 5) is 19.5. The van der Waals surface area contributed by atoms with E-state index in [2.05, 4.69) is 10.3 Å². The second-order valence-electron chi connectivity index (χ2n) is 6.43. The van der Waals surface area contributed by atoms with Crippen molar-refractivity contribution in [2.24, 2.45) is 7.05 Å². The van der Waals surface area contributed by atoms with Gasteiger partial charge in [-0.05, 0) is 37.7 Å². The van der Waals surface area contributed by atoms with Crippen LogP contribution in [0.25, 0.3) is 10.2 Å². The molecular formula is C15H19N3O3S2. The van der Waals surface area contributed by atoms with E-state index in [1.54, 1.807) is 18.4 Å². The van der Waals surface area contributed by atoms with Crippen LogP contribution in [0.2, 0.25) is 0 Å². The van der Waals surface area contributed by atoms with Gasteiger partial charge in [-0.1, -0.05) is 0 Å². The molecule has 0 saturated carbocycles. The summed E-state index contributed by atoms with van der Waals surface area (Å²) in [5, 5.41) is 3.92. The number of sulfone groups is 1. The Kier molecular flexibility index (Phi) is 3.49. The molecule has 1 aliphatic heterocycles. The Morgan fingerprint density at radius 1 is 1.30 bits per heavy atom. The number of nitrogens with one attached hydrogen (secondary N) is 1. The van der Waals surface area contributed by atoms with E-state index in [1.165, 1.54) is 21.4 Å². The predicted octanol–water partition coefficient (Wildman–Crippen LogP) is 1.47. The molecule has 4 rings (SSSR count). The summed E-state index contributed by atoms with van der Waals surface area (Å²) in [6.07, 6.45) is 4.85. The predicted molar refractivity (Wildman–Crippen MR) is 92.2 cm³/mol. The average Bonchev–Trinajstić information content (AvgIpc) is 3.04. The van der Waals surface area contributed by atoms with Gasteiger partial charge in [-0.15, -0.1) is 11.3 Å². The summed E-state index contributed by atoms with van der Waals surface area (Å²) in [7, 11) is -1.26. The van der Waals surface area contributed by atoms with Crippen LogP contribution in [0.5, 0.6) is 0 Å². The molecule has 0 aromatic carbocycles. The molecule has 2 aliphatic rings. The number of fused-ring (bicyclic) bond motifs is 3. The van der Waals surface area contributed by atoms with Gasteiger partial charge in [-0.3, -0.25) is 9.36 Å². The highest BCUT2D eigenvalue weighted by Crippen LogP contribution is 2.34. The van der Waals surface area contributed by atoms with Crippen molar-refractivity contribution in [1.29, 1.82) is 0 Å². The Morgan fingerprint density at radius 2 is 2.09 bits per heavy atom. The van der Waals surface area contributed by atoms with E-state index in [0.29, 0.717) is 12.4 Å².